The topological polar surface area (TPSA) is 118 Å². The zero-order valence-corrected chi connectivity index (χ0v) is 77.4. The number of nitriles is 1. The van der Waals surface area contributed by atoms with Crippen LogP contribution in [0.4, 0.5) is 0 Å². The largest absolute Gasteiger partial charge is 0.456 e. The van der Waals surface area contributed by atoms with Crippen molar-refractivity contribution in [1.82, 2.24) is 28.7 Å². The fourth-order valence-electron chi connectivity index (χ4n) is 23.3. The van der Waals surface area contributed by atoms with Gasteiger partial charge in [-0.15, -0.1) is 11.3 Å². The maximum absolute atomic E-state index is 9.63. The highest BCUT2D eigenvalue weighted by Crippen LogP contribution is 2.57. The summed E-state index contributed by atoms with van der Waals surface area (Å²) in [5.74, 6) is 8.18. The molecule has 0 spiro atoms. The van der Waals surface area contributed by atoms with Gasteiger partial charge in [0.25, 0.3) is 0 Å². The van der Waals surface area contributed by atoms with Crippen molar-refractivity contribution < 1.29 is 18.6 Å². The summed E-state index contributed by atoms with van der Waals surface area (Å²) in [6.07, 6.45) is 2.52. The summed E-state index contributed by atoms with van der Waals surface area (Å²) in [5, 5.41) is 29.2. The van der Waals surface area contributed by atoms with Crippen LogP contribution in [0.25, 0.3) is 235 Å². The molecule has 8 heterocycles. The molecule has 30 rings (SSSR count). The molecule has 26 aromatic rings. The number of fused-ring (bicyclic) bond motifs is 21. The van der Waals surface area contributed by atoms with Crippen molar-refractivity contribution in [3.8, 4) is 136 Å². The molecule has 0 saturated heterocycles. The van der Waals surface area contributed by atoms with Gasteiger partial charge in [-0.25, -0.2) is 15.0 Å². The number of imidazole rings is 3. The van der Waals surface area contributed by atoms with Gasteiger partial charge in [0, 0.05) is 55.6 Å². The van der Waals surface area contributed by atoms with E-state index < -0.39 is 0 Å². The minimum Gasteiger partial charge on any atom is -0.456 e. The van der Waals surface area contributed by atoms with Crippen molar-refractivity contribution in [3.63, 3.8) is 0 Å². The third-order valence-electron chi connectivity index (χ3n) is 29.4. The highest BCUT2D eigenvalue weighted by Gasteiger charge is 2.38. The number of hydrogen-bond donors (Lipinski definition) is 0. The van der Waals surface area contributed by atoms with Crippen LogP contribution in [-0.2, 0) is 24.7 Å². The summed E-state index contributed by atoms with van der Waals surface area (Å²) in [6.45, 7) is 11.0. The molecular formula is C127H83N7O4S. The molecule has 1 aliphatic carbocycles. The lowest BCUT2D eigenvalue weighted by atomic mass is 9.80. The smallest absolute Gasteiger partial charge is 0.153 e. The molecule has 0 fully saturated rings. The predicted molar refractivity (Wildman–Crippen MR) is 572 cm³/mol. The second-order valence-electron chi connectivity index (χ2n) is 37.3. The van der Waals surface area contributed by atoms with Crippen LogP contribution < -0.4 is 14.2 Å². The lowest BCUT2D eigenvalue weighted by molar-refractivity contribution is 0.474. The van der Waals surface area contributed by atoms with E-state index in [4.69, 9.17) is 33.6 Å². The zero-order chi connectivity index (χ0) is 92.3. The number of nitrogens with zero attached hydrogens (tertiary/aromatic N) is 7. The van der Waals surface area contributed by atoms with E-state index in [1.807, 2.05) is 65.9 Å². The molecule has 0 radical (unpaired) electrons. The van der Waals surface area contributed by atoms with Gasteiger partial charge in [-0.3, -0.25) is 13.7 Å². The number of aryl methyl sites for hydroxylation is 3. The number of thiophene rings is 1. The number of para-hydroxylation sites is 4. The summed E-state index contributed by atoms with van der Waals surface area (Å²) >= 11 is 1.87. The highest BCUT2D eigenvalue weighted by atomic mass is 32.1. The minimum absolute atomic E-state index is 0.223. The van der Waals surface area contributed by atoms with Crippen molar-refractivity contribution in [3.05, 3.63) is 410 Å². The Balaban J connectivity index is 0.000000103. The Morgan fingerprint density at radius 1 is 0.273 bits per heavy atom. The fourth-order valence-corrected chi connectivity index (χ4v) is 24.5. The van der Waals surface area contributed by atoms with Crippen molar-refractivity contribution in [2.24, 2.45) is 0 Å². The Morgan fingerprint density at radius 3 is 0.978 bits per heavy atom. The van der Waals surface area contributed by atoms with E-state index in [0.717, 1.165) is 166 Å². The number of ether oxygens (including phenoxy) is 3. The van der Waals surface area contributed by atoms with Gasteiger partial charge < -0.3 is 18.6 Å². The first-order valence-corrected chi connectivity index (χ1v) is 48.6. The number of rotatable bonds is 9. The summed E-state index contributed by atoms with van der Waals surface area (Å²) in [5.41, 5.74) is 30.7. The van der Waals surface area contributed by atoms with E-state index in [-0.39, 0.29) is 5.41 Å². The van der Waals surface area contributed by atoms with Gasteiger partial charge in [-0.1, -0.05) is 289 Å². The quantitative estimate of drug-likeness (QED) is 0.131. The van der Waals surface area contributed by atoms with Crippen LogP contribution in [0.15, 0.2) is 381 Å². The average Bonchev–Trinajstić information content (AvgIpc) is 1.65. The summed E-state index contributed by atoms with van der Waals surface area (Å²) < 4.78 is 35.6. The highest BCUT2D eigenvalue weighted by molar-refractivity contribution is 7.25. The van der Waals surface area contributed by atoms with Crippen molar-refractivity contribution in [2.45, 2.75) is 59.3 Å². The molecule has 0 saturated carbocycles. The third kappa shape index (κ3) is 12.0. The molecule has 0 N–H and O–H groups in total. The third-order valence-corrected chi connectivity index (χ3v) is 30.6. The van der Waals surface area contributed by atoms with Crippen LogP contribution in [0.2, 0.25) is 0 Å². The monoisotopic (exact) mass is 1800 g/mol. The molecule has 656 valence electrons. The second kappa shape index (κ2) is 30.8. The number of hydrogen-bond acceptors (Lipinski definition) is 9. The molecule has 0 atom stereocenters. The van der Waals surface area contributed by atoms with E-state index in [1.165, 1.54) is 152 Å². The normalized spacial score (nSPS) is 12.8. The molecular weight excluding hydrogens is 1720 g/mol. The molecule has 11 nitrogen and oxygen atoms in total. The van der Waals surface area contributed by atoms with Crippen molar-refractivity contribution >= 4 is 151 Å². The standard InChI is InChI=1S/C45H31N3O.C41H26N2O2.C41H26N2OS/c1-4-41-47-37-14-9-15-39-44(37)48(41)38-21-18-28(24-40(38)49-39)43-33-12-7-5-10-31(33)42(32-11-6-8-13-34(32)43)27-17-20-30-29-19-16-26(25-46)22-35(29)45(2,3)36(30)23-27;1-2-38-42-32-15-9-17-35-41(32)43(38)33-21-19-25(23-37(33)45-35)40-30-13-5-3-11-28(30)39(29-12-4-6-14-31(29)40)24-18-20-27-26-10-7-8-16-34(26)44-36(27)22-24;1-2-38-42-32-15-9-16-34-41(32)43(38)33-21-19-24(22-35(33)44-34)39-28-11-3-5-13-30(28)40(31-14-6-4-12-29(31)39)25-18-20-27-26-10-7-8-17-36(26)45-37(27)23-25/h5-24H,4H2,1-3H3;2*3-23H,2H2,1H3. The number of aromatic nitrogens is 6. The Labute approximate surface area is 803 Å². The maximum Gasteiger partial charge on any atom is 0.153 e. The van der Waals surface area contributed by atoms with E-state index >= 15 is 0 Å². The molecule has 139 heavy (non-hydrogen) atoms. The fraction of sp³-hybridized carbons (Fsp3) is 0.0709. The van der Waals surface area contributed by atoms with Gasteiger partial charge in [0.2, 0.25) is 0 Å². The Morgan fingerprint density at radius 2 is 0.583 bits per heavy atom. The van der Waals surface area contributed by atoms with Crippen LogP contribution in [0.5, 0.6) is 34.5 Å². The van der Waals surface area contributed by atoms with E-state index in [9.17, 15) is 5.26 Å². The first kappa shape index (κ1) is 80.0. The van der Waals surface area contributed by atoms with E-state index in [2.05, 4.69) is 376 Å². The van der Waals surface area contributed by atoms with E-state index in [0.29, 0.717) is 5.56 Å². The average molecular weight is 1800 g/mol. The van der Waals surface area contributed by atoms with E-state index in [1.54, 1.807) is 0 Å². The second-order valence-corrected chi connectivity index (χ2v) is 38.4. The SMILES string of the molecule is CCc1nc2cccc3c2n1-c1ccc(-c2c4ccccc4c(-c4ccc5c(c4)C(C)(C)c4cc(C#N)ccc4-5)c4ccccc24)cc1O3.CCc1nc2cccc3c2n1-c1ccc(-c2c4ccccc4c(-c4ccc5c(c4)oc4ccccc45)c4ccccc24)cc1O3.CCc1nc2cccc3c2n1-c1ccc(-c2c4ccccc4c(-c4ccc5c(c4)sc4ccccc45)c4ccccc24)cc1O3. The van der Waals surface area contributed by atoms with Gasteiger partial charge in [0.05, 0.1) is 45.2 Å². The minimum atomic E-state index is -0.223. The molecule has 0 unspecified atom stereocenters. The van der Waals surface area contributed by atoms with Gasteiger partial charge in [-0.05, 0) is 275 Å². The van der Waals surface area contributed by atoms with Crippen LogP contribution in [0.1, 0.15) is 68.8 Å². The molecule has 0 amide bonds. The van der Waals surface area contributed by atoms with Crippen LogP contribution in [0, 0.1) is 11.3 Å². The van der Waals surface area contributed by atoms with Crippen LogP contribution in [0.3, 0.4) is 0 Å². The molecule has 5 aromatic heterocycles. The van der Waals surface area contributed by atoms with Crippen molar-refractivity contribution in [1.29, 1.82) is 5.26 Å². The Bertz CT molecular complexity index is 9380. The first-order valence-electron chi connectivity index (χ1n) is 47.8. The van der Waals surface area contributed by atoms with Gasteiger partial charge in [0.15, 0.2) is 34.5 Å². The summed E-state index contributed by atoms with van der Waals surface area (Å²) in [6, 6.07) is 137. The Kier molecular flexibility index (Phi) is 17.7. The van der Waals surface area contributed by atoms with Crippen molar-refractivity contribution in [2.75, 3.05) is 0 Å². The number of benzene rings is 21. The lowest BCUT2D eigenvalue weighted by Crippen LogP contribution is -2.15. The molecule has 12 heteroatoms. The molecule has 0 bridgehead atoms. The lowest BCUT2D eigenvalue weighted by Gasteiger charge is -2.24. The maximum atomic E-state index is 9.63. The molecule has 4 aliphatic rings. The molecule has 3 aliphatic heterocycles. The summed E-state index contributed by atoms with van der Waals surface area (Å²) in [7, 11) is 0. The van der Waals surface area contributed by atoms with Crippen LogP contribution in [-0.4, -0.2) is 28.7 Å². The van der Waals surface area contributed by atoms with Crippen LogP contribution >= 0.6 is 11.3 Å². The zero-order valence-electron chi connectivity index (χ0n) is 76.6. The molecule has 21 aromatic carbocycles. The summed E-state index contributed by atoms with van der Waals surface area (Å²) in [4.78, 5) is 14.8. The predicted octanol–water partition coefficient (Wildman–Crippen LogP) is 34.4. The first-order chi connectivity index (χ1) is 68.5. The Hall–Kier alpha value is -17.5. The number of furan rings is 1. The van der Waals surface area contributed by atoms with Gasteiger partial charge in [0.1, 0.15) is 45.2 Å². The van der Waals surface area contributed by atoms with Gasteiger partial charge in [-0.2, -0.15) is 5.26 Å². The van der Waals surface area contributed by atoms with Gasteiger partial charge >= 0.3 is 0 Å².